The summed E-state index contributed by atoms with van der Waals surface area (Å²) in [5, 5.41) is 0. The minimum Gasteiger partial charge on any atom is -0.330 e. The maximum atomic E-state index is 5.41. The molecule has 0 spiro atoms. The third-order valence-corrected chi connectivity index (χ3v) is 2.12. The third kappa shape index (κ3) is 6.66. The predicted molar refractivity (Wildman–Crippen MR) is 54.0 cm³/mol. The smallest absolute Gasteiger partial charge is 0.0871 e. The van der Waals surface area contributed by atoms with Crippen molar-refractivity contribution >= 4 is 12.6 Å². The van der Waals surface area contributed by atoms with Gasteiger partial charge in [0.2, 0.25) is 0 Å². The molecule has 0 aromatic rings. The summed E-state index contributed by atoms with van der Waals surface area (Å²) in [5.41, 5.74) is 5.41. The summed E-state index contributed by atoms with van der Waals surface area (Å²) in [4.78, 5) is 0. The van der Waals surface area contributed by atoms with Crippen LogP contribution in [0.3, 0.4) is 0 Å². The van der Waals surface area contributed by atoms with Crippen LogP contribution in [0.5, 0.6) is 0 Å². The van der Waals surface area contributed by atoms with Crippen molar-refractivity contribution in [3.63, 3.8) is 0 Å². The van der Waals surface area contributed by atoms with E-state index in [4.69, 9.17) is 5.73 Å². The largest absolute Gasteiger partial charge is 0.330 e. The zero-order valence-corrected chi connectivity index (χ0v) is 8.61. The fourth-order valence-electron chi connectivity index (χ4n) is 1.07. The van der Waals surface area contributed by atoms with E-state index < -0.39 is 0 Å². The maximum Gasteiger partial charge on any atom is 0.0871 e. The Hall–Kier alpha value is 0.270. The molecule has 0 aliphatic rings. The van der Waals surface area contributed by atoms with Crippen molar-refractivity contribution in [2.45, 2.75) is 12.8 Å². The molecule has 0 aromatic carbocycles. The normalized spacial score (nSPS) is 12.0. The quantitative estimate of drug-likeness (QED) is 0.349. The highest BCUT2D eigenvalue weighted by Crippen LogP contribution is 2.01. The van der Waals surface area contributed by atoms with Crippen LogP contribution in [0.4, 0.5) is 0 Å². The van der Waals surface area contributed by atoms with Gasteiger partial charge in [-0.25, -0.2) is 0 Å². The van der Waals surface area contributed by atoms with Crippen LogP contribution in [0.1, 0.15) is 12.8 Å². The molecular weight excluding hydrogens is 156 g/mol. The van der Waals surface area contributed by atoms with Crippen LogP contribution < -0.4 is 5.73 Å². The molecule has 0 fully saturated rings. The van der Waals surface area contributed by atoms with E-state index >= 15 is 0 Å². The predicted octanol–water partition coefficient (Wildman–Crippen LogP) is 0.732. The first kappa shape index (κ1) is 11.3. The molecule has 3 heteroatoms. The van der Waals surface area contributed by atoms with Crippen molar-refractivity contribution in [1.29, 1.82) is 0 Å². The lowest BCUT2D eigenvalue weighted by atomic mass is 10.3. The lowest BCUT2D eigenvalue weighted by Gasteiger charge is -2.29. The molecule has 2 nitrogen and oxygen atoms in total. The first-order valence-corrected chi connectivity index (χ1v) is 4.88. The van der Waals surface area contributed by atoms with Gasteiger partial charge < -0.3 is 10.2 Å². The molecule has 0 atom stereocenters. The molecular formula is C8H21N2S+. The second-order valence-corrected chi connectivity index (χ2v) is 4.05. The maximum absolute atomic E-state index is 5.41. The average molecular weight is 177 g/mol. The zero-order chi connectivity index (χ0) is 8.74. The summed E-state index contributed by atoms with van der Waals surface area (Å²) in [6.45, 7) is 3.19. The van der Waals surface area contributed by atoms with E-state index in [1.54, 1.807) is 0 Å². The van der Waals surface area contributed by atoms with Crippen LogP contribution in [0.2, 0.25) is 0 Å². The summed E-state index contributed by atoms with van der Waals surface area (Å²) in [6, 6.07) is 0. The van der Waals surface area contributed by atoms with Gasteiger partial charge in [-0.1, -0.05) is 0 Å². The van der Waals surface area contributed by atoms with Gasteiger partial charge in [0.25, 0.3) is 0 Å². The van der Waals surface area contributed by atoms with E-state index in [1.165, 1.54) is 13.0 Å². The minimum absolute atomic E-state index is 0.820. The number of quaternary nitrogens is 1. The number of nitrogens with zero attached hydrogens (tertiary/aromatic N) is 1. The Bertz CT molecular complexity index is 94.1. The van der Waals surface area contributed by atoms with Gasteiger partial charge in [-0.05, 0) is 19.4 Å². The highest BCUT2D eigenvalue weighted by Gasteiger charge is 2.11. The van der Waals surface area contributed by atoms with Crippen molar-refractivity contribution in [2.24, 2.45) is 5.73 Å². The molecule has 0 saturated heterocycles. The van der Waals surface area contributed by atoms with Crippen LogP contribution in [0.15, 0.2) is 0 Å². The molecule has 0 unspecified atom stereocenters. The van der Waals surface area contributed by atoms with Gasteiger partial charge in [0.05, 0.1) is 27.2 Å². The first-order valence-electron chi connectivity index (χ1n) is 4.25. The Labute approximate surface area is 75.8 Å². The van der Waals surface area contributed by atoms with Gasteiger partial charge in [0.1, 0.15) is 0 Å². The number of unbranched alkanes of at least 4 members (excludes halogenated alkanes) is 1. The molecule has 0 aliphatic carbocycles. The lowest BCUT2D eigenvalue weighted by molar-refractivity contribution is -0.888. The molecule has 0 aliphatic heterocycles. The van der Waals surface area contributed by atoms with Crippen LogP contribution >= 0.6 is 12.6 Å². The number of rotatable bonds is 6. The van der Waals surface area contributed by atoms with Crippen molar-refractivity contribution in [3.05, 3.63) is 0 Å². The average Bonchev–Trinajstić information content (AvgIpc) is 1.87. The molecule has 11 heavy (non-hydrogen) atoms. The third-order valence-electron chi connectivity index (χ3n) is 1.92. The topological polar surface area (TPSA) is 26.0 Å². The van der Waals surface area contributed by atoms with Crippen molar-refractivity contribution < 1.29 is 4.48 Å². The second kappa shape index (κ2) is 5.86. The Morgan fingerprint density at radius 3 is 2.27 bits per heavy atom. The molecule has 0 radical (unpaired) electrons. The molecule has 0 bridgehead atoms. The molecule has 0 heterocycles. The van der Waals surface area contributed by atoms with E-state index in [1.807, 2.05) is 0 Å². The fraction of sp³-hybridized carbons (Fsp3) is 1.00. The van der Waals surface area contributed by atoms with E-state index in [0.29, 0.717) is 0 Å². The summed E-state index contributed by atoms with van der Waals surface area (Å²) in [5.74, 6) is 0.968. The number of hydrogen-bond acceptors (Lipinski definition) is 2. The Morgan fingerprint density at radius 2 is 1.82 bits per heavy atom. The molecule has 0 rings (SSSR count). The van der Waals surface area contributed by atoms with Crippen molar-refractivity contribution in [3.8, 4) is 0 Å². The molecule has 0 amide bonds. The van der Waals surface area contributed by atoms with Gasteiger partial charge >= 0.3 is 0 Å². The number of thiol groups is 1. The SMILES string of the molecule is C[N+](C)(CCS)CCCCN. The van der Waals surface area contributed by atoms with Gasteiger partial charge in [-0.2, -0.15) is 12.6 Å². The highest BCUT2D eigenvalue weighted by atomic mass is 32.1. The Balaban J connectivity index is 3.38. The number of hydrogen-bond donors (Lipinski definition) is 2. The molecule has 2 N–H and O–H groups in total. The molecule has 0 saturated carbocycles. The summed E-state index contributed by atoms with van der Waals surface area (Å²) < 4.78 is 1.07. The highest BCUT2D eigenvalue weighted by molar-refractivity contribution is 7.80. The van der Waals surface area contributed by atoms with Crippen LogP contribution in [0.25, 0.3) is 0 Å². The lowest BCUT2D eigenvalue weighted by Crippen LogP contribution is -2.42. The van der Waals surface area contributed by atoms with Crippen LogP contribution in [-0.4, -0.2) is 44.0 Å². The van der Waals surface area contributed by atoms with E-state index in [9.17, 15) is 0 Å². The molecule has 68 valence electrons. The fourth-order valence-corrected chi connectivity index (χ4v) is 1.61. The summed E-state index contributed by atoms with van der Waals surface area (Å²) in [7, 11) is 4.49. The van der Waals surface area contributed by atoms with Gasteiger partial charge in [0, 0.05) is 5.75 Å². The van der Waals surface area contributed by atoms with Crippen molar-refractivity contribution in [2.75, 3.05) is 39.5 Å². The minimum atomic E-state index is 0.820. The second-order valence-electron chi connectivity index (χ2n) is 3.60. The first-order chi connectivity index (χ1) is 5.12. The standard InChI is InChI=1S/C8H20N2S/c1-10(2,7-8-11)6-4-3-5-9/h3-9H2,1-2H3/p+1. The Morgan fingerprint density at radius 1 is 1.18 bits per heavy atom. The molecule has 0 aromatic heterocycles. The van der Waals surface area contributed by atoms with Gasteiger partial charge in [0.15, 0.2) is 0 Å². The van der Waals surface area contributed by atoms with Gasteiger partial charge in [-0.3, -0.25) is 0 Å². The van der Waals surface area contributed by atoms with Gasteiger partial charge in [-0.15, -0.1) is 0 Å². The van der Waals surface area contributed by atoms with Crippen molar-refractivity contribution in [1.82, 2.24) is 0 Å². The summed E-state index contributed by atoms with van der Waals surface area (Å²) in [6.07, 6.45) is 2.38. The number of nitrogens with two attached hydrogens (primary N) is 1. The summed E-state index contributed by atoms with van der Waals surface area (Å²) >= 11 is 4.22. The van der Waals surface area contributed by atoms with Crippen LogP contribution in [0, 0.1) is 0 Å². The Kier molecular flexibility index (Phi) is 6.01. The van der Waals surface area contributed by atoms with E-state index in [2.05, 4.69) is 26.7 Å². The van der Waals surface area contributed by atoms with E-state index in [0.717, 1.165) is 29.7 Å². The van der Waals surface area contributed by atoms with E-state index in [-0.39, 0.29) is 0 Å². The monoisotopic (exact) mass is 177 g/mol. The zero-order valence-electron chi connectivity index (χ0n) is 7.71. The van der Waals surface area contributed by atoms with Crippen LogP contribution in [-0.2, 0) is 0 Å².